The summed E-state index contributed by atoms with van der Waals surface area (Å²) in [7, 11) is 0. The van der Waals surface area contributed by atoms with Gasteiger partial charge in [-0.25, -0.2) is 0 Å². The lowest BCUT2D eigenvalue weighted by molar-refractivity contribution is -0.113. The molecule has 0 saturated carbocycles. The van der Waals surface area contributed by atoms with Crippen molar-refractivity contribution in [2.75, 3.05) is 26.8 Å². The molecule has 2 aromatic rings. The highest BCUT2D eigenvalue weighted by Crippen LogP contribution is 2.18. The summed E-state index contributed by atoms with van der Waals surface area (Å²) in [4.78, 5) is 0. The SMILES string of the molecule is OCC[C@H](CC(O)C[C@@H](O)C[C@H](O)C[C@@H](O)C[C@@H](CCO)OCOCc1ccccc1)OCOCc1ccccc1. The highest BCUT2D eigenvalue weighted by Gasteiger charge is 2.23. The van der Waals surface area contributed by atoms with Gasteiger partial charge in [0.15, 0.2) is 0 Å². The molecule has 41 heavy (non-hydrogen) atoms. The topological polar surface area (TPSA) is 158 Å². The third-order valence-electron chi connectivity index (χ3n) is 6.60. The Hall–Kier alpha value is -1.96. The van der Waals surface area contributed by atoms with E-state index >= 15 is 0 Å². The van der Waals surface area contributed by atoms with E-state index in [4.69, 9.17) is 18.9 Å². The molecule has 0 heterocycles. The summed E-state index contributed by atoms with van der Waals surface area (Å²) in [6.07, 6.45) is -3.71. The Morgan fingerprint density at radius 1 is 0.488 bits per heavy atom. The normalized spacial score (nSPS) is 16.1. The van der Waals surface area contributed by atoms with E-state index < -0.39 is 36.6 Å². The van der Waals surface area contributed by atoms with Crippen molar-refractivity contribution in [3.63, 3.8) is 0 Å². The molecule has 2 aromatic carbocycles. The van der Waals surface area contributed by atoms with E-state index in [1.165, 1.54) is 0 Å². The molecular weight excluding hydrogens is 532 g/mol. The number of hydrogen-bond donors (Lipinski definition) is 6. The maximum Gasteiger partial charge on any atom is 0.147 e. The molecule has 0 aliphatic rings. The maximum absolute atomic E-state index is 10.5. The summed E-state index contributed by atoms with van der Waals surface area (Å²) in [5, 5.41) is 60.4. The average Bonchev–Trinajstić information content (AvgIpc) is 2.94. The minimum Gasteiger partial charge on any atom is -0.396 e. The summed E-state index contributed by atoms with van der Waals surface area (Å²) in [6.45, 7) is 0.543. The second kappa shape index (κ2) is 21.7. The van der Waals surface area contributed by atoms with Gasteiger partial charge in [0, 0.05) is 13.2 Å². The number of rotatable bonds is 24. The van der Waals surface area contributed by atoms with Crippen molar-refractivity contribution >= 4 is 0 Å². The quantitative estimate of drug-likeness (QED) is 0.0804. The zero-order chi connectivity index (χ0) is 29.7. The molecule has 232 valence electrons. The number of benzene rings is 2. The average molecular weight is 581 g/mol. The lowest BCUT2D eigenvalue weighted by Gasteiger charge is -2.24. The van der Waals surface area contributed by atoms with Crippen LogP contribution in [0, 0.1) is 0 Å². The molecule has 6 atom stereocenters. The van der Waals surface area contributed by atoms with Crippen molar-refractivity contribution in [3.8, 4) is 0 Å². The van der Waals surface area contributed by atoms with E-state index in [1.54, 1.807) is 0 Å². The van der Waals surface area contributed by atoms with Gasteiger partial charge in [0.1, 0.15) is 13.6 Å². The Morgan fingerprint density at radius 3 is 1.17 bits per heavy atom. The molecule has 0 bridgehead atoms. The smallest absolute Gasteiger partial charge is 0.147 e. The van der Waals surface area contributed by atoms with E-state index in [1.807, 2.05) is 60.7 Å². The van der Waals surface area contributed by atoms with Crippen LogP contribution in [-0.4, -0.2) is 94.1 Å². The second-order valence-electron chi connectivity index (χ2n) is 10.3. The monoisotopic (exact) mass is 580 g/mol. The Morgan fingerprint density at radius 2 is 0.829 bits per heavy atom. The number of aliphatic hydroxyl groups excluding tert-OH is 6. The van der Waals surface area contributed by atoms with Crippen LogP contribution < -0.4 is 0 Å². The first-order valence-electron chi connectivity index (χ1n) is 14.3. The fourth-order valence-corrected chi connectivity index (χ4v) is 4.52. The molecule has 0 fully saturated rings. The molecule has 10 nitrogen and oxygen atoms in total. The molecule has 1 unspecified atom stereocenters. The van der Waals surface area contributed by atoms with Gasteiger partial charge >= 0.3 is 0 Å². The van der Waals surface area contributed by atoms with Crippen LogP contribution in [0.25, 0.3) is 0 Å². The molecular formula is C31H48O10. The maximum atomic E-state index is 10.5. The second-order valence-corrected chi connectivity index (χ2v) is 10.3. The van der Waals surface area contributed by atoms with E-state index in [0.717, 1.165) is 11.1 Å². The third-order valence-corrected chi connectivity index (χ3v) is 6.60. The van der Waals surface area contributed by atoms with Gasteiger partial charge in [-0.2, -0.15) is 0 Å². The first-order valence-corrected chi connectivity index (χ1v) is 14.3. The predicted octanol–water partition coefficient (Wildman–Crippen LogP) is 2.26. The van der Waals surface area contributed by atoms with Gasteiger partial charge in [-0.3, -0.25) is 0 Å². The van der Waals surface area contributed by atoms with Crippen LogP contribution in [0.5, 0.6) is 0 Å². The van der Waals surface area contributed by atoms with E-state index in [-0.39, 0.29) is 58.9 Å². The van der Waals surface area contributed by atoms with E-state index in [9.17, 15) is 30.6 Å². The van der Waals surface area contributed by atoms with Crippen molar-refractivity contribution in [2.45, 2.75) is 94.8 Å². The van der Waals surface area contributed by atoms with Gasteiger partial charge in [-0.05, 0) is 56.1 Å². The Labute approximate surface area is 243 Å². The molecule has 6 N–H and O–H groups in total. The van der Waals surface area contributed by atoms with Crippen LogP contribution in [0.4, 0.5) is 0 Å². The van der Waals surface area contributed by atoms with Crippen molar-refractivity contribution in [3.05, 3.63) is 71.8 Å². The molecule has 0 spiro atoms. The molecule has 0 aromatic heterocycles. The van der Waals surface area contributed by atoms with Crippen LogP contribution in [0.1, 0.15) is 56.1 Å². The van der Waals surface area contributed by atoms with Crippen molar-refractivity contribution in [1.29, 1.82) is 0 Å². The van der Waals surface area contributed by atoms with Gasteiger partial charge in [0.2, 0.25) is 0 Å². The van der Waals surface area contributed by atoms with Crippen molar-refractivity contribution < 1.29 is 49.6 Å². The highest BCUT2D eigenvalue weighted by atomic mass is 16.7. The minimum absolute atomic E-state index is 0.00553. The summed E-state index contributed by atoms with van der Waals surface area (Å²) in [5.41, 5.74) is 2.01. The number of aliphatic hydroxyl groups is 6. The lowest BCUT2D eigenvalue weighted by atomic mass is 9.96. The van der Waals surface area contributed by atoms with Gasteiger partial charge < -0.3 is 49.6 Å². The van der Waals surface area contributed by atoms with E-state index in [2.05, 4.69) is 0 Å². The molecule has 2 rings (SSSR count). The van der Waals surface area contributed by atoms with Crippen LogP contribution in [0.2, 0.25) is 0 Å². The molecule has 0 radical (unpaired) electrons. The molecule has 0 aliphatic carbocycles. The molecule has 0 saturated heterocycles. The van der Waals surface area contributed by atoms with Crippen LogP contribution in [0.3, 0.4) is 0 Å². The number of hydrogen-bond acceptors (Lipinski definition) is 10. The molecule has 0 amide bonds. The van der Waals surface area contributed by atoms with E-state index in [0.29, 0.717) is 26.1 Å². The third kappa shape index (κ3) is 16.9. The van der Waals surface area contributed by atoms with Crippen LogP contribution in [0.15, 0.2) is 60.7 Å². The largest absolute Gasteiger partial charge is 0.396 e. The minimum atomic E-state index is -0.993. The Kier molecular flexibility index (Phi) is 18.7. The fraction of sp³-hybridized carbons (Fsp3) is 0.613. The van der Waals surface area contributed by atoms with Crippen LogP contribution >= 0.6 is 0 Å². The first kappa shape index (κ1) is 35.2. The summed E-state index contributed by atoms with van der Waals surface area (Å²) in [6, 6.07) is 19.3. The van der Waals surface area contributed by atoms with Crippen molar-refractivity contribution in [2.24, 2.45) is 0 Å². The summed E-state index contributed by atoms with van der Waals surface area (Å²) < 4.78 is 22.4. The van der Waals surface area contributed by atoms with Gasteiger partial charge in [-0.15, -0.1) is 0 Å². The highest BCUT2D eigenvalue weighted by molar-refractivity contribution is 5.14. The lowest BCUT2D eigenvalue weighted by Crippen LogP contribution is -2.30. The molecule has 10 heteroatoms. The molecule has 0 aliphatic heterocycles. The zero-order valence-electron chi connectivity index (χ0n) is 23.7. The Balaban J connectivity index is 1.64. The van der Waals surface area contributed by atoms with Gasteiger partial charge in [-0.1, -0.05) is 60.7 Å². The summed E-state index contributed by atoms with van der Waals surface area (Å²) in [5.74, 6) is 0. The van der Waals surface area contributed by atoms with Crippen LogP contribution in [-0.2, 0) is 32.2 Å². The van der Waals surface area contributed by atoms with Crippen molar-refractivity contribution in [1.82, 2.24) is 0 Å². The van der Waals surface area contributed by atoms with Gasteiger partial charge in [0.25, 0.3) is 0 Å². The Bertz CT molecular complexity index is 800. The van der Waals surface area contributed by atoms with Gasteiger partial charge in [0.05, 0.1) is 49.8 Å². The first-order chi connectivity index (χ1) is 19.9. The standard InChI is InChI=1S/C31H48O10/c32-13-11-30(40-22-38-20-24-7-3-1-4-8-24)18-28(36)16-26(34)15-27(35)17-29(37)19-31(12-14-33)41-23-39-21-25-9-5-2-6-10-25/h1-10,26-37H,11-23H2/t26-,27-,28+,29?,30+,31+/m0/s1. The predicted molar refractivity (Wildman–Crippen MR) is 152 cm³/mol. The zero-order valence-corrected chi connectivity index (χ0v) is 23.7. The summed E-state index contributed by atoms with van der Waals surface area (Å²) >= 11 is 0. The number of ether oxygens (including phenoxy) is 4. The fourth-order valence-electron chi connectivity index (χ4n) is 4.52.